The molecule has 25 heavy (non-hydrogen) atoms. The number of fused-ring (bicyclic) bond motifs is 2. The van der Waals surface area contributed by atoms with E-state index in [0.29, 0.717) is 35.5 Å². The SMILES string of the molecule is O=C(N[C@@H]1CCCS(=O)(=O)c2ccccc21)c1ccc2c(c1)CCO2. The molecule has 0 saturated heterocycles. The number of hydrogen-bond acceptors (Lipinski definition) is 4. The molecular weight excluding hydrogens is 338 g/mol. The van der Waals surface area contributed by atoms with Crippen molar-refractivity contribution in [3.05, 3.63) is 59.2 Å². The topological polar surface area (TPSA) is 72.5 Å². The number of benzene rings is 2. The summed E-state index contributed by atoms with van der Waals surface area (Å²) in [5, 5.41) is 3.02. The van der Waals surface area contributed by atoms with Gasteiger partial charge in [-0.15, -0.1) is 0 Å². The number of sulfone groups is 1. The predicted octanol–water partition coefficient (Wildman–Crippen LogP) is 2.66. The first-order valence-corrected chi connectivity index (χ1v) is 10.1. The number of ether oxygens (including phenoxy) is 1. The van der Waals surface area contributed by atoms with Crippen molar-refractivity contribution >= 4 is 15.7 Å². The Morgan fingerprint density at radius 1 is 1.16 bits per heavy atom. The van der Waals surface area contributed by atoms with E-state index < -0.39 is 9.84 Å². The summed E-state index contributed by atoms with van der Waals surface area (Å²) in [4.78, 5) is 13.0. The van der Waals surface area contributed by atoms with Crippen molar-refractivity contribution in [3.63, 3.8) is 0 Å². The summed E-state index contributed by atoms with van der Waals surface area (Å²) in [5.74, 6) is 0.767. The Hall–Kier alpha value is -2.34. The van der Waals surface area contributed by atoms with E-state index in [0.717, 1.165) is 17.7 Å². The Morgan fingerprint density at radius 2 is 2.00 bits per heavy atom. The number of carbonyl (C=O) groups is 1. The van der Waals surface area contributed by atoms with Crippen molar-refractivity contribution in [2.24, 2.45) is 0 Å². The van der Waals surface area contributed by atoms with E-state index in [4.69, 9.17) is 4.74 Å². The Bertz CT molecular complexity index is 936. The van der Waals surface area contributed by atoms with Crippen LogP contribution in [0.5, 0.6) is 5.75 Å². The van der Waals surface area contributed by atoms with Crippen LogP contribution in [0.25, 0.3) is 0 Å². The highest BCUT2D eigenvalue weighted by atomic mass is 32.2. The predicted molar refractivity (Wildman–Crippen MR) is 93.6 cm³/mol. The summed E-state index contributed by atoms with van der Waals surface area (Å²) in [6.45, 7) is 0.647. The molecule has 2 aromatic rings. The van der Waals surface area contributed by atoms with Crippen LogP contribution in [0.3, 0.4) is 0 Å². The second kappa shape index (κ2) is 6.19. The molecule has 1 N–H and O–H groups in total. The molecule has 1 atom stereocenters. The van der Waals surface area contributed by atoms with E-state index in [1.54, 1.807) is 24.3 Å². The van der Waals surface area contributed by atoms with Gasteiger partial charge in [0, 0.05) is 12.0 Å². The smallest absolute Gasteiger partial charge is 0.251 e. The number of nitrogens with one attached hydrogen (secondary N) is 1. The lowest BCUT2D eigenvalue weighted by Gasteiger charge is -2.19. The fraction of sp³-hybridized carbons (Fsp3) is 0.316. The summed E-state index contributed by atoms with van der Waals surface area (Å²) in [5.41, 5.74) is 2.29. The van der Waals surface area contributed by atoms with Crippen LogP contribution in [0, 0.1) is 0 Å². The molecule has 2 heterocycles. The number of rotatable bonds is 2. The lowest BCUT2D eigenvalue weighted by molar-refractivity contribution is 0.0934. The van der Waals surface area contributed by atoms with Crippen molar-refractivity contribution in [1.82, 2.24) is 5.32 Å². The van der Waals surface area contributed by atoms with Crippen LogP contribution in [0.4, 0.5) is 0 Å². The Morgan fingerprint density at radius 3 is 2.88 bits per heavy atom. The third kappa shape index (κ3) is 3.02. The zero-order valence-corrected chi connectivity index (χ0v) is 14.5. The van der Waals surface area contributed by atoms with E-state index in [1.165, 1.54) is 0 Å². The van der Waals surface area contributed by atoms with Crippen molar-refractivity contribution in [3.8, 4) is 5.75 Å². The second-order valence-electron chi connectivity index (χ2n) is 6.45. The number of carbonyl (C=O) groups excluding carboxylic acids is 1. The van der Waals surface area contributed by atoms with Crippen LogP contribution in [0.2, 0.25) is 0 Å². The van der Waals surface area contributed by atoms with Crippen LogP contribution in [-0.2, 0) is 16.3 Å². The fourth-order valence-electron chi connectivity index (χ4n) is 3.51. The molecule has 2 aliphatic rings. The molecule has 0 bridgehead atoms. The van der Waals surface area contributed by atoms with Crippen LogP contribution >= 0.6 is 0 Å². The summed E-state index contributed by atoms with van der Waals surface area (Å²) < 4.78 is 30.3. The van der Waals surface area contributed by atoms with Gasteiger partial charge in [0.1, 0.15) is 5.75 Å². The van der Waals surface area contributed by atoms with E-state index in [2.05, 4.69) is 5.32 Å². The molecule has 0 radical (unpaired) electrons. The van der Waals surface area contributed by atoms with Gasteiger partial charge in [0.15, 0.2) is 9.84 Å². The van der Waals surface area contributed by atoms with Crippen molar-refractivity contribution in [2.45, 2.75) is 30.2 Å². The minimum Gasteiger partial charge on any atom is -0.493 e. The lowest BCUT2D eigenvalue weighted by Crippen LogP contribution is -2.28. The molecule has 5 nitrogen and oxygen atoms in total. The first-order chi connectivity index (χ1) is 12.0. The molecule has 0 spiro atoms. The van der Waals surface area contributed by atoms with Gasteiger partial charge in [0.25, 0.3) is 5.91 Å². The van der Waals surface area contributed by atoms with Crippen LogP contribution in [-0.4, -0.2) is 26.7 Å². The molecule has 0 saturated carbocycles. The fourth-order valence-corrected chi connectivity index (χ4v) is 5.14. The van der Waals surface area contributed by atoms with Crippen LogP contribution < -0.4 is 10.1 Å². The zero-order chi connectivity index (χ0) is 17.4. The average Bonchev–Trinajstić information content (AvgIpc) is 3.03. The molecular formula is C19H19NO4S. The molecule has 6 heteroatoms. The van der Waals surface area contributed by atoms with E-state index in [-0.39, 0.29) is 17.7 Å². The maximum Gasteiger partial charge on any atom is 0.251 e. The van der Waals surface area contributed by atoms with Gasteiger partial charge in [0.2, 0.25) is 0 Å². The Labute approximate surface area is 146 Å². The van der Waals surface area contributed by atoms with Crippen molar-refractivity contribution in [1.29, 1.82) is 0 Å². The summed E-state index contributed by atoms with van der Waals surface area (Å²) in [6, 6.07) is 12.1. The molecule has 2 aromatic carbocycles. The molecule has 1 amide bonds. The quantitative estimate of drug-likeness (QED) is 0.897. The van der Waals surface area contributed by atoms with Gasteiger partial charge in [-0.05, 0) is 48.2 Å². The Balaban J connectivity index is 1.63. The van der Waals surface area contributed by atoms with Gasteiger partial charge in [-0.25, -0.2) is 8.42 Å². The number of amides is 1. The average molecular weight is 357 g/mol. The summed E-state index contributed by atoms with van der Waals surface area (Å²) >= 11 is 0. The van der Waals surface area contributed by atoms with Gasteiger partial charge in [0.05, 0.1) is 23.3 Å². The minimum absolute atomic E-state index is 0.118. The molecule has 0 aliphatic carbocycles. The second-order valence-corrected chi connectivity index (χ2v) is 8.52. The molecule has 2 aliphatic heterocycles. The van der Waals surface area contributed by atoms with Gasteiger partial charge < -0.3 is 10.1 Å². The summed E-state index contributed by atoms with van der Waals surface area (Å²) in [6.07, 6.45) is 1.94. The Kier molecular flexibility index (Phi) is 4.00. The van der Waals surface area contributed by atoms with Gasteiger partial charge >= 0.3 is 0 Å². The highest BCUT2D eigenvalue weighted by Gasteiger charge is 2.28. The maximum absolute atomic E-state index is 12.7. The van der Waals surface area contributed by atoms with Crippen molar-refractivity contribution in [2.75, 3.05) is 12.4 Å². The standard InChI is InChI=1S/C19H19NO4S/c21-19(14-7-8-17-13(12-14)9-10-24-17)20-16-5-3-11-25(22,23)18-6-2-1-4-15(16)18/h1-2,4,6-8,12,16H,3,5,9-11H2,(H,20,21)/t16-/m1/s1. The van der Waals surface area contributed by atoms with Crippen molar-refractivity contribution < 1.29 is 17.9 Å². The van der Waals surface area contributed by atoms with Crippen LogP contribution in [0.1, 0.15) is 40.4 Å². The third-order valence-electron chi connectivity index (χ3n) is 4.79. The van der Waals surface area contributed by atoms with E-state index >= 15 is 0 Å². The van der Waals surface area contributed by atoms with Gasteiger partial charge in [-0.1, -0.05) is 18.2 Å². The molecule has 130 valence electrons. The van der Waals surface area contributed by atoms with Gasteiger partial charge in [-0.2, -0.15) is 0 Å². The monoisotopic (exact) mass is 357 g/mol. The van der Waals surface area contributed by atoms with E-state index in [1.807, 2.05) is 18.2 Å². The highest BCUT2D eigenvalue weighted by Crippen LogP contribution is 2.31. The zero-order valence-electron chi connectivity index (χ0n) is 13.7. The number of hydrogen-bond donors (Lipinski definition) is 1. The first-order valence-electron chi connectivity index (χ1n) is 8.43. The molecule has 0 fully saturated rings. The minimum atomic E-state index is -3.29. The molecule has 0 unspecified atom stereocenters. The summed E-state index contributed by atoms with van der Waals surface area (Å²) in [7, 11) is -3.29. The third-order valence-corrected chi connectivity index (χ3v) is 6.66. The maximum atomic E-state index is 12.7. The van der Waals surface area contributed by atoms with E-state index in [9.17, 15) is 13.2 Å². The first kappa shape index (κ1) is 16.1. The lowest BCUT2D eigenvalue weighted by atomic mass is 10.0. The normalized spacial score (nSPS) is 20.7. The molecule has 0 aromatic heterocycles. The highest BCUT2D eigenvalue weighted by molar-refractivity contribution is 7.91. The van der Waals surface area contributed by atoms with Crippen LogP contribution in [0.15, 0.2) is 47.4 Å². The molecule has 4 rings (SSSR count). The largest absolute Gasteiger partial charge is 0.493 e. The van der Waals surface area contributed by atoms with Gasteiger partial charge in [-0.3, -0.25) is 4.79 Å².